The lowest BCUT2D eigenvalue weighted by Gasteiger charge is -2.24. The lowest BCUT2D eigenvalue weighted by atomic mass is 9.95. The van der Waals surface area contributed by atoms with E-state index in [1.807, 2.05) is 13.1 Å². The zero-order chi connectivity index (χ0) is 11.8. The Hall–Kier alpha value is -1.36. The van der Waals surface area contributed by atoms with Gasteiger partial charge in [-0.25, -0.2) is 0 Å². The molecule has 0 aliphatic heterocycles. The van der Waals surface area contributed by atoms with Gasteiger partial charge in [0.2, 0.25) is 0 Å². The molecule has 1 aromatic rings. The van der Waals surface area contributed by atoms with Gasteiger partial charge in [-0.1, -0.05) is 6.92 Å². The molecule has 0 aromatic carbocycles. The maximum atomic E-state index is 11.2. The van der Waals surface area contributed by atoms with Crippen molar-refractivity contribution in [3.8, 4) is 0 Å². The van der Waals surface area contributed by atoms with Crippen molar-refractivity contribution in [2.75, 3.05) is 0 Å². The fraction of sp³-hybridized carbons (Fsp3) is 0.636. The van der Waals surface area contributed by atoms with E-state index in [0.29, 0.717) is 0 Å². The highest BCUT2D eigenvalue weighted by Crippen LogP contribution is 2.39. The Bertz CT molecular complexity index is 398. The zero-order valence-electron chi connectivity index (χ0n) is 9.39. The average molecular weight is 223 g/mol. The minimum absolute atomic E-state index is 0.0966. The van der Waals surface area contributed by atoms with Crippen molar-refractivity contribution in [2.24, 2.45) is 11.7 Å². The molecule has 1 aromatic heterocycles. The highest BCUT2D eigenvalue weighted by molar-refractivity contribution is 5.79. The zero-order valence-corrected chi connectivity index (χ0v) is 9.39. The molecule has 3 N–H and O–H groups in total. The lowest BCUT2D eigenvalue weighted by molar-refractivity contribution is -0.145. The number of hydrogen-bond donors (Lipinski definition) is 2. The maximum absolute atomic E-state index is 11.2. The van der Waals surface area contributed by atoms with Crippen LogP contribution in [-0.4, -0.2) is 26.4 Å². The standard InChI is InChI=1S/C11H17N3O2/c1-2-8-5-13-14(6-8)7-11(12,10(15)16)9-3-4-9/h5-6,9H,2-4,7,12H2,1H3,(H,15,16). The summed E-state index contributed by atoms with van der Waals surface area (Å²) in [5, 5.41) is 13.3. The van der Waals surface area contributed by atoms with Crippen molar-refractivity contribution >= 4 is 5.97 Å². The van der Waals surface area contributed by atoms with Crippen LogP contribution in [-0.2, 0) is 17.8 Å². The number of carboxylic acid groups (broad SMARTS) is 1. The first-order valence-electron chi connectivity index (χ1n) is 5.60. The number of aryl methyl sites for hydroxylation is 1. The smallest absolute Gasteiger partial charge is 0.325 e. The first-order valence-corrected chi connectivity index (χ1v) is 5.60. The second-order valence-electron chi connectivity index (χ2n) is 4.52. The van der Waals surface area contributed by atoms with Crippen LogP contribution in [0.5, 0.6) is 0 Å². The van der Waals surface area contributed by atoms with Gasteiger partial charge in [-0.15, -0.1) is 0 Å². The van der Waals surface area contributed by atoms with Crippen molar-refractivity contribution in [3.63, 3.8) is 0 Å². The molecule has 0 radical (unpaired) electrons. The predicted octanol–water partition coefficient (Wildman–Crippen LogP) is 0.638. The van der Waals surface area contributed by atoms with Crippen LogP contribution >= 0.6 is 0 Å². The molecule has 5 nitrogen and oxygen atoms in total. The van der Waals surface area contributed by atoms with Gasteiger partial charge in [0, 0.05) is 6.20 Å². The third-order valence-corrected chi connectivity index (χ3v) is 3.22. The molecule has 1 aliphatic rings. The Morgan fingerprint density at radius 2 is 2.44 bits per heavy atom. The number of rotatable bonds is 5. The summed E-state index contributed by atoms with van der Waals surface area (Å²) >= 11 is 0. The lowest BCUT2D eigenvalue weighted by Crippen LogP contribution is -2.53. The Morgan fingerprint density at radius 1 is 1.75 bits per heavy atom. The van der Waals surface area contributed by atoms with Crippen molar-refractivity contribution in [2.45, 2.75) is 38.3 Å². The van der Waals surface area contributed by atoms with Crippen molar-refractivity contribution in [3.05, 3.63) is 18.0 Å². The fourth-order valence-corrected chi connectivity index (χ4v) is 1.91. The highest BCUT2D eigenvalue weighted by atomic mass is 16.4. The molecule has 0 saturated heterocycles. The van der Waals surface area contributed by atoms with Crippen LogP contribution in [0, 0.1) is 5.92 Å². The van der Waals surface area contributed by atoms with E-state index < -0.39 is 11.5 Å². The van der Waals surface area contributed by atoms with Crippen LogP contribution < -0.4 is 5.73 Å². The summed E-state index contributed by atoms with van der Waals surface area (Å²) in [4.78, 5) is 11.2. The molecule has 1 saturated carbocycles. The Balaban J connectivity index is 2.14. The van der Waals surface area contributed by atoms with Gasteiger partial charge in [-0.05, 0) is 30.7 Å². The molecule has 88 valence electrons. The van der Waals surface area contributed by atoms with E-state index in [-0.39, 0.29) is 12.5 Å². The Labute approximate surface area is 94.2 Å². The molecule has 1 atom stereocenters. The summed E-state index contributed by atoms with van der Waals surface area (Å²) in [5.74, 6) is -0.831. The average Bonchev–Trinajstić information content (AvgIpc) is 3.00. The molecule has 1 fully saturated rings. The highest BCUT2D eigenvalue weighted by Gasteiger charge is 2.48. The first-order chi connectivity index (χ1) is 7.56. The largest absolute Gasteiger partial charge is 0.480 e. The second kappa shape index (κ2) is 3.90. The van der Waals surface area contributed by atoms with Crippen LogP contribution in [0.15, 0.2) is 12.4 Å². The van der Waals surface area contributed by atoms with Gasteiger partial charge in [0.15, 0.2) is 0 Å². The normalized spacial score (nSPS) is 19.4. The number of aliphatic carboxylic acids is 1. The number of nitrogens with two attached hydrogens (primary N) is 1. The molecular formula is C11H17N3O2. The van der Waals surface area contributed by atoms with Crippen molar-refractivity contribution < 1.29 is 9.90 Å². The molecule has 1 heterocycles. The monoisotopic (exact) mass is 223 g/mol. The molecule has 5 heteroatoms. The van der Waals surface area contributed by atoms with Crippen molar-refractivity contribution in [1.29, 1.82) is 0 Å². The van der Waals surface area contributed by atoms with Gasteiger partial charge in [0.25, 0.3) is 0 Å². The minimum Gasteiger partial charge on any atom is -0.480 e. The molecule has 0 spiro atoms. The van der Waals surface area contributed by atoms with E-state index in [1.54, 1.807) is 10.9 Å². The number of nitrogens with zero attached hydrogens (tertiary/aromatic N) is 2. The van der Waals surface area contributed by atoms with E-state index >= 15 is 0 Å². The molecule has 0 bridgehead atoms. The van der Waals surface area contributed by atoms with Gasteiger partial charge in [-0.3, -0.25) is 9.48 Å². The summed E-state index contributed by atoms with van der Waals surface area (Å²) in [6, 6.07) is 0. The predicted molar refractivity (Wildman–Crippen MR) is 58.9 cm³/mol. The molecule has 16 heavy (non-hydrogen) atoms. The first kappa shape index (κ1) is 11.1. The number of aromatic nitrogens is 2. The topological polar surface area (TPSA) is 81.1 Å². The van der Waals surface area contributed by atoms with Gasteiger partial charge in [0.1, 0.15) is 5.54 Å². The summed E-state index contributed by atoms with van der Waals surface area (Å²) < 4.78 is 1.64. The molecule has 1 unspecified atom stereocenters. The third-order valence-electron chi connectivity index (χ3n) is 3.22. The van der Waals surface area contributed by atoms with Crippen LogP contribution in [0.1, 0.15) is 25.3 Å². The molecule has 1 aliphatic carbocycles. The molecule has 0 amide bonds. The van der Waals surface area contributed by atoms with Gasteiger partial charge < -0.3 is 10.8 Å². The number of carbonyl (C=O) groups is 1. The summed E-state index contributed by atoms with van der Waals surface area (Å²) in [6.07, 6.45) is 6.34. The van der Waals surface area contributed by atoms with E-state index in [4.69, 9.17) is 5.73 Å². The van der Waals surface area contributed by atoms with E-state index in [2.05, 4.69) is 5.10 Å². The van der Waals surface area contributed by atoms with Crippen LogP contribution in [0.25, 0.3) is 0 Å². The molecular weight excluding hydrogens is 206 g/mol. The quantitative estimate of drug-likeness (QED) is 0.767. The minimum atomic E-state index is -1.16. The second-order valence-corrected chi connectivity index (χ2v) is 4.52. The van der Waals surface area contributed by atoms with Gasteiger partial charge in [0.05, 0.1) is 12.7 Å². The number of hydrogen-bond acceptors (Lipinski definition) is 3. The van der Waals surface area contributed by atoms with Crippen LogP contribution in [0.4, 0.5) is 0 Å². The van der Waals surface area contributed by atoms with E-state index in [1.165, 1.54) is 0 Å². The summed E-state index contributed by atoms with van der Waals surface area (Å²) in [7, 11) is 0. The van der Waals surface area contributed by atoms with Gasteiger partial charge >= 0.3 is 5.97 Å². The maximum Gasteiger partial charge on any atom is 0.325 e. The Kier molecular flexibility index (Phi) is 2.71. The molecule has 2 rings (SSSR count). The van der Waals surface area contributed by atoms with Crippen LogP contribution in [0.3, 0.4) is 0 Å². The number of carboxylic acids is 1. The van der Waals surface area contributed by atoms with E-state index in [0.717, 1.165) is 24.8 Å². The fourth-order valence-electron chi connectivity index (χ4n) is 1.91. The van der Waals surface area contributed by atoms with Crippen molar-refractivity contribution in [1.82, 2.24) is 9.78 Å². The van der Waals surface area contributed by atoms with E-state index in [9.17, 15) is 9.90 Å². The SMILES string of the molecule is CCc1cnn(CC(N)(C(=O)O)C2CC2)c1. The van der Waals surface area contributed by atoms with Gasteiger partial charge in [-0.2, -0.15) is 5.10 Å². The third kappa shape index (κ3) is 1.95. The van der Waals surface area contributed by atoms with Crippen LogP contribution in [0.2, 0.25) is 0 Å². The summed E-state index contributed by atoms with van der Waals surface area (Å²) in [5.41, 5.74) is 5.91. The Morgan fingerprint density at radius 3 is 2.88 bits per heavy atom. The summed E-state index contributed by atoms with van der Waals surface area (Å²) in [6.45, 7) is 2.29.